The molecule has 0 aliphatic carbocycles. The molecule has 12 heteroatoms. The topological polar surface area (TPSA) is 118 Å². The summed E-state index contributed by atoms with van der Waals surface area (Å²) in [5.74, 6) is 1.06. The van der Waals surface area contributed by atoms with Crippen molar-refractivity contribution >= 4 is 24.1 Å². The summed E-state index contributed by atoms with van der Waals surface area (Å²) in [6, 6.07) is 20.6. The van der Waals surface area contributed by atoms with Crippen molar-refractivity contribution in [2.24, 2.45) is 0 Å². The zero-order valence-corrected chi connectivity index (χ0v) is 24.3. The molecule has 0 atom stereocenters. The van der Waals surface area contributed by atoms with Gasteiger partial charge < -0.3 is 24.9 Å². The van der Waals surface area contributed by atoms with Gasteiger partial charge in [0.2, 0.25) is 0 Å². The van der Waals surface area contributed by atoms with Gasteiger partial charge in [0.05, 0.1) is 5.57 Å². The van der Waals surface area contributed by atoms with E-state index in [1.54, 1.807) is 42.7 Å². The van der Waals surface area contributed by atoms with Gasteiger partial charge in [0.25, 0.3) is 0 Å². The van der Waals surface area contributed by atoms with E-state index in [-0.39, 0.29) is 12.3 Å². The lowest BCUT2D eigenvalue weighted by atomic mass is 10.1. The third-order valence-corrected chi connectivity index (χ3v) is 5.75. The summed E-state index contributed by atoms with van der Waals surface area (Å²) in [5.41, 5.74) is 2.25. The molecule has 2 N–H and O–H groups in total. The second-order valence-electron chi connectivity index (χ2n) is 8.68. The van der Waals surface area contributed by atoms with E-state index in [9.17, 15) is 22.8 Å². The number of nitrogens with one attached hydrogen (secondary N) is 1. The highest BCUT2D eigenvalue weighted by molar-refractivity contribution is 5.81. The number of aliphatic hydroxyl groups excluding tert-OH is 1. The number of aliphatic hydroxyl groups is 1. The average molecular weight is 608 g/mol. The molecule has 9 nitrogen and oxygen atoms in total. The second-order valence-corrected chi connectivity index (χ2v) is 8.68. The van der Waals surface area contributed by atoms with Gasteiger partial charge >= 0.3 is 12.2 Å². The molecule has 44 heavy (non-hydrogen) atoms. The van der Waals surface area contributed by atoms with Crippen molar-refractivity contribution in [2.75, 3.05) is 31.4 Å². The van der Waals surface area contributed by atoms with Gasteiger partial charge in [-0.3, -0.25) is 4.79 Å². The SMILES string of the molecule is C=C(/C(C=O)=C\N(C)c1ccccn1)C(F)(F)F.CNc1ccc(-c2cnc(Oc3ccc(CC=O)cc3)nc2)cc1.CO. The molecule has 0 aliphatic rings. The molecule has 0 amide bonds. The van der Waals surface area contributed by atoms with Gasteiger partial charge in [-0.1, -0.05) is 36.9 Å². The van der Waals surface area contributed by atoms with Crippen LogP contribution in [0.4, 0.5) is 24.7 Å². The number of aldehydes is 2. The van der Waals surface area contributed by atoms with E-state index >= 15 is 0 Å². The average Bonchev–Trinajstić information content (AvgIpc) is 3.06. The monoisotopic (exact) mass is 607 g/mol. The van der Waals surface area contributed by atoms with Crippen LogP contribution in [-0.2, 0) is 16.0 Å². The van der Waals surface area contributed by atoms with Gasteiger partial charge in [0, 0.05) is 69.2 Å². The minimum atomic E-state index is -4.63. The van der Waals surface area contributed by atoms with Gasteiger partial charge in [-0.05, 0) is 47.5 Å². The predicted octanol–water partition coefficient (Wildman–Crippen LogP) is 6.05. The van der Waals surface area contributed by atoms with Crippen molar-refractivity contribution < 1.29 is 32.6 Å². The standard InChI is InChI=1S/C19H17N3O2.C12H11F3N2O.CH4O/c1-20-17-6-4-15(5-7-17)16-12-21-19(22-13-16)24-18-8-2-14(3-9-18)10-11-23;1-9(12(13,14)15)10(8-18)7-17(2)11-5-3-4-6-16-11;1-2/h2-9,11-13,20H,10H2,1H3;3-8H,1H2,2H3;2H,1H3/b;10-7-;. The number of halogens is 3. The number of rotatable bonds is 10. The molecule has 0 unspecified atom stereocenters. The van der Waals surface area contributed by atoms with Crippen molar-refractivity contribution in [2.45, 2.75) is 12.6 Å². The maximum atomic E-state index is 12.4. The molecule has 2 aromatic carbocycles. The van der Waals surface area contributed by atoms with E-state index < -0.39 is 17.3 Å². The molecule has 0 saturated heterocycles. The second kappa shape index (κ2) is 17.6. The first-order valence-corrected chi connectivity index (χ1v) is 13.0. The van der Waals surface area contributed by atoms with Crippen LogP contribution in [0.25, 0.3) is 11.1 Å². The van der Waals surface area contributed by atoms with Crippen LogP contribution in [0.15, 0.2) is 109 Å². The van der Waals surface area contributed by atoms with Crippen molar-refractivity contribution in [3.05, 3.63) is 115 Å². The minimum absolute atomic E-state index is 0.120. The fourth-order valence-corrected chi connectivity index (χ4v) is 3.42. The summed E-state index contributed by atoms with van der Waals surface area (Å²) in [6.07, 6.45) is 2.78. The van der Waals surface area contributed by atoms with Gasteiger partial charge in [-0.25, -0.2) is 15.0 Å². The van der Waals surface area contributed by atoms with E-state index in [0.717, 1.165) is 42.0 Å². The summed E-state index contributed by atoms with van der Waals surface area (Å²) in [5, 5.41) is 10.1. The van der Waals surface area contributed by atoms with Crippen molar-refractivity contribution in [3.63, 3.8) is 0 Å². The maximum Gasteiger partial charge on any atom is 0.416 e. The first kappa shape index (κ1) is 34.8. The Morgan fingerprint density at radius 3 is 2.09 bits per heavy atom. The van der Waals surface area contributed by atoms with E-state index in [1.165, 1.54) is 18.1 Å². The van der Waals surface area contributed by atoms with E-state index in [2.05, 4.69) is 26.8 Å². The summed E-state index contributed by atoms with van der Waals surface area (Å²) in [7, 11) is 4.38. The Morgan fingerprint density at radius 2 is 1.59 bits per heavy atom. The lowest BCUT2D eigenvalue weighted by molar-refractivity contribution is -0.108. The number of aromatic nitrogens is 3. The lowest BCUT2D eigenvalue weighted by Gasteiger charge is -2.15. The Balaban J connectivity index is 0.000000302. The Kier molecular flexibility index (Phi) is 13.9. The van der Waals surface area contributed by atoms with Crippen molar-refractivity contribution in [1.29, 1.82) is 0 Å². The van der Waals surface area contributed by atoms with Crippen LogP contribution in [0.1, 0.15) is 5.56 Å². The van der Waals surface area contributed by atoms with E-state index in [4.69, 9.17) is 9.84 Å². The van der Waals surface area contributed by atoms with Crippen LogP contribution in [0.5, 0.6) is 11.8 Å². The fourth-order valence-electron chi connectivity index (χ4n) is 3.42. The van der Waals surface area contributed by atoms with Gasteiger partial charge in [-0.2, -0.15) is 13.2 Å². The van der Waals surface area contributed by atoms with Crippen LogP contribution in [0.3, 0.4) is 0 Å². The maximum absolute atomic E-state index is 12.4. The molecule has 0 saturated carbocycles. The molecule has 0 fully saturated rings. The van der Waals surface area contributed by atoms with E-state index in [1.807, 2.05) is 43.4 Å². The molecule has 2 aromatic heterocycles. The first-order valence-electron chi connectivity index (χ1n) is 13.0. The van der Waals surface area contributed by atoms with Crippen molar-refractivity contribution in [1.82, 2.24) is 15.0 Å². The lowest BCUT2D eigenvalue weighted by Crippen LogP contribution is -2.17. The number of hydrogen-bond acceptors (Lipinski definition) is 9. The Labute approximate surface area is 253 Å². The number of hydrogen-bond donors (Lipinski definition) is 2. The molecular weight excluding hydrogens is 575 g/mol. The third kappa shape index (κ3) is 10.8. The number of ether oxygens (including phenoxy) is 1. The molecule has 230 valence electrons. The number of carbonyl (C=O) groups excluding carboxylic acids is 2. The van der Waals surface area contributed by atoms with Gasteiger partial charge in [0.1, 0.15) is 17.9 Å². The molecule has 2 heterocycles. The molecular formula is C32H32F3N5O4. The first-order chi connectivity index (χ1) is 21.1. The summed E-state index contributed by atoms with van der Waals surface area (Å²) < 4.78 is 42.8. The molecule has 4 rings (SSSR count). The van der Waals surface area contributed by atoms with Crippen molar-refractivity contribution in [3.8, 4) is 22.9 Å². The Hall–Kier alpha value is -5.36. The van der Waals surface area contributed by atoms with Crippen LogP contribution in [0.2, 0.25) is 0 Å². The zero-order valence-electron chi connectivity index (χ0n) is 24.3. The largest absolute Gasteiger partial charge is 0.424 e. The fraction of sp³-hybridized carbons (Fsp3) is 0.156. The molecule has 0 bridgehead atoms. The normalized spacial score (nSPS) is 10.7. The Morgan fingerprint density at radius 1 is 0.955 bits per heavy atom. The number of nitrogens with zero attached hydrogens (tertiary/aromatic N) is 4. The molecule has 0 aliphatic heterocycles. The summed E-state index contributed by atoms with van der Waals surface area (Å²) in [4.78, 5) is 34.9. The number of allylic oxidation sites excluding steroid dienone is 2. The summed E-state index contributed by atoms with van der Waals surface area (Å²) >= 11 is 0. The molecule has 0 spiro atoms. The number of alkyl halides is 3. The minimum Gasteiger partial charge on any atom is -0.424 e. The van der Waals surface area contributed by atoms with Crippen LogP contribution in [-0.4, -0.2) is 60.0 Å². The highest BCUT2D eigenvalue weighted by Crippen LogP contribution is 2.29. The highest BCUT2D eigenvalue weighted by Gasteiger charge is 2.34. The summed E-state index contributed by atoms with van der Waals surface area (Å²) in [6.45, 7) is 2.87. The number of pyridine rings is 1. The smallest absolute Gasteiger partial charge is 0.416 e. The van der Waals surface area contributed by atoms with Gasteiger partial charge in [-0.15, -0.1) is 0 Å². The van der Waals surface area contributed by atoms with E-state index in [0.29, 0.717) is 18.0 Å². The number of anilines is 2. The zero-order chi connectivity index (χ0) is 32.5. The third-order valence-electron chi connectivity index (χ3n) is 5.75. The van der Waals surface area contributed by atoms with Gasteiger partial charge in [0.15, 0.2) is 6.29 Å². The van der Waals surface area contributed by atoms with Crippen LogP contribution >= 0.6 is 0 Å². The molecule has 0 radical (unpaired) electrons. The Bertz CT molecular complexity index is 1490. The highest BCUT2D eigenvalue weighted by atomic mass is 19.4. The molecule has 4 aromatic rings. The number of benzene rings is 2. The number of carbonyl (C=O) groups is 2. The quantitative estimate of drug-likeness (QED) is 0.126. The van der Waals surface area contributed by atoms with Crippen LogP contribution in [0, 0.1) is 0 Å². The van der Waals surface area contributed by atoms with Crippen LogP contribution < -0.4 is 15.0 Å². The predicted molar refractivity (Wildman–Crippen MR) is 163 cm³/mol.